The molecule has 5 heteroatoms. The third-order valence-corrected chi connectivity index (χ3v) is 5.98. The number of hydrogen-bond acceptors (Lipinski definition) is 2. The first-order valence-corrected chi connectivity index (χ1v) is 9.48. The average molecular weight is 455 g/mol. The van der Waals surface area contributed by atoms with Gasteiger partial charge in [0.15, 0.2) is 5.96 Å². The fraction of sp³-hybridized carbons (Fsp3) is 0.650. The number of benzene rings is 1. The summed E-state index contributed by atoms with van der Waals surface area (Å²) in [5.74, 6) is 1.69. The van der Waals surface area contributed by atoms with Crippen LogP contribution in [0.15, 0.2) is 29.3 Å². The summed E-state index contributed by atoms with van der Waals surface area (Å²) in [7, 11) is 0. The van der Waals surface area contributed by atoms with Gasteiger partial charge in [0.1, 0.15) is 0 Å². The second-order valence-corrected chi connectivity index (χ2v) is 7.60. The highest BCUT2D eigenvalue weighted by Gasteiger charge is 2.42. The second-order valence-electron chi connectivity index (χ2n) is 7.60. The molecule has 1 aromatic rings. The topological polar surface area (TPSA) is 36.9 Å². The number of halogens is 1. The molecule has 0 radical (unpaired) electrons. The van der Waals surface area contributed by atoms with Crippen molar-refractivity contribution in [3.63, 3.8) is 0 Å². The van der Waals surface area contributed by atoms with Crippen LogP contribution >= 0.6 is 24.0 Å². The first-order valence-electron chi connectivity index (χ1n) is 9.48. The Kier molecular flexibility index (Phi) is 6.25. The van der Waals surface area contributed by atoms with Crippen molar-refractivity contribution in [1.29, 1.82) is 0 Å². The smallest absolute Gasteiger partial charge is 0.193 e. The Morgan fingerprint density at radius 2 is 2.24 bits per heavy atom. The molecule has 0 saturated carbocycles. The van der Waals surface area contributed by atoms with Gasteiger partial charge in [-0.2, -0.15) is 0 Å². The van der Waals surface area contributed by atoms with E-state index in [1.165, 1.54) is 36.8 Å². The Hall–Kier alpha value is -0.820. The van der Waals surface area contributed by atoms with Crippen LogP contribution in [0.25, 0.3) is 0 Å². The van der Waals surface area contributed by atoms with Gasteiger partial charge in [-0.1, -0.05) is 24.3 Å². The molecule has 4 nitrogen and oxygen atoms in total. The first kappa shape index (κ1) is 19.0. The number of nitrogens with zero attached hydrogens (tertiary/aromatic N) is 2. The van der Waals surface area contributed by atoms with Gasteiger partial charge in [-0.25, -0.2) is 0 Å². The van der Waals surface area contributed by atoms with Gasteiger partial charge in [0.05, 0.1) is 6.61 Å². The monoisotopic (exact) mass is 455 g/mol. The summed E-state index contributed by atoms with van der Waals surface area (Å²) in [5, 5.41) is 3.51. The molecule has 4 rings (SSSR count). The van der Waals surface area contributed by atoms with Crippen LogP contribution in [0.5, 0.6) is 0 Å². The lowest BCUT2D eigenvalue weighted by Crippen LogP contribution is -2.41. The van der Waals surface area contributed by atoms with Crippen LogP contribution in [0, 0.1) is 5.41 Å². The van der Waals surface area contributed by atoms with Crippen LogP contribution in [0.3, 0.4) is 0 Å². The third kappa shape index (κ3) is 3.97. The fourth-order valence-corrected chi connectivity index (χ4v) is 4.54. The predicted molar refractivity (Wildman–Crippen MR) is 113 cm³/mol. The lowest BCUT2D eigenvalue weighted by atomic mass is 9.87. The molecule has 1 aliphatic carbocycles. The van der Waals surface area contributed by atoms with Crippen molar-refractivity contribution >= 4 is 29.9 Å². The van der Waals surface area contributed by atoms with Crippen molar-refractivity contribution in [3.8, 4) is 0 Å². The van der Waals surface area contributed by atoms with E-state index in [0.717, 1.165) is 45.4 Å². The van der Waals surface area contributed by atoms with E-state index in [4.69, 9.17) is 9.73 Å². The zero-order chi connectivity index (χ0) is 16.4. The maximum absolute atomic E-state index is 5.66. The average Bonchev–Trinajstić information content (AvgIpc) is 3.33. The Balaban J connectivity index is 0.00000182. The molecule has 2 unspecified atom stereocenters. The van der Waals surface area contributed by atoms with E-state index in [2.05, 4.69) is 41.4 Å². The lowest BCUT2D eigenvalue weighted by Gasteiger charge is -2.25. The molecule has 0 aromatic heterocycles. The maximum atomic E-state index is 5.66. The van der Waals surface area contributed by atoms with E-state index in [0.29, 0.717) is 11.3 Å². The van der Waals surface area contributed by atoms with E-state index < -0.39 is 0 Å². The number of aryl methyl sites for hydroxylation is 1. The largest absolute Gasteiger partial charge is 0.381 e. The molecule has 2 fully saturated rings. The van der Waals surface area contributed by atoms with Crippen LogP contribution in [-0.2, 0) is 11.2 Å². The number of hydrogen-bond donors (Lipinski definition) is 1. The van der Waals surface area contributed by atoms with Crippen LogP contribution in [0.1, 0.15) is 43.2 Å². The van der Waals surface area contributed by atoms with Gasteiger partial charge in [-0.3, -0.25) is 4.99 Å². The molecule has 0 amide bonds. The highest BCUT2D eigenvalue weighted by atomic mass is 127. The summed E-state index contributed by atoms with van der Waals surface area (Å²) in [5.41, 5.74) is 3.42. The van der Waals surface area contributed by atoms with Crippen molar-refractivity contribution in [2.45, 2.75) is 38.5 Å². The molecule has 0 bridgehead atoms. The first-order chi connectivity index (χ1) is 11.8. The van der Waals surface area contributed by atoms with Crippen LogP contribution in [-0.4, -0.2) is 50.3 Å². The van der Waals surface area contributed by atoms with E-state index in [1.54, 1.807) is 0 Å². The number of fused-ring (bicyclic) bond motifs is 1. The van der Waals surface area contributed by atoms with Gasteiger partial charge in [-0.15, -0.1) is 24.0 Å². The summed E-state index contributed by atoms with van der Waals surface area (Å²) >= 11 is 0. The van der Waals surface area contributed by atoms with Gasteiger partial charge >= 0.3 is 0 Å². The van der Waals surface area contributed by atoms with E-state index in [9.17, 15) is 0 Å². The molecular formula is C20H30IN3O. The second kappa shape index (κ2) is 8.25. The Bertz CT molecular complexity index is 613. The van der Waals surface area contributed by atoms with Crippen molar-refractivity contribution in [2.75, 3.05) is 39.4 Å². The normalized spacial score (nSPS) is 28.3. The lowest BCUT2D eigenvalue weighted by molar-refractivity contribution is 0.156. The highest BCUT2D eigenvalue weighted by Crippen LogP contribution is 2.38. The van der Waals surface area contributed by atoms with Gasteiger partial charge in [-0.05, 0) is 43.7 Å². The number of guanidine groups is 1. The number of ether oxygens (including phenoxy) is 1. The van der Waals surface area contributed by atoms with Crippen LogP contribution in [0.2, 0.25) is 0 Å². The van der Waals surface area contributed by atoms with E-state index >= 15 is 0 Å². The van der Waals surface area contributed by atoms with Gasteiger partial charge in [0.2, 0.25) is 0 Å². The minimum absolute atomic E-state index is 0. The van der Waals surface area contributed by atoms with Crippen molar-refractivity contribution < 1.29 is 4.74 Å². The van der Waals surface area contributed by atoms with Crippen molar-refractivity contribution in [3.05, 3.63) is 35.4 Å². The van der Waals surface area contributed by atoms with Crippen molar-refractivity contribution in [1.82, 2.24) is 10.2 Å². The van der Waals surface area contributed by atoms with Gasteiger partial charge in [0.25, 0.3) is 0 Å². The van der Waals surface area contributed by atoms with E-state index in [1.807, 2.05) is 0 Å². The Morgan fingerprint density at radius 3 is 3.04 bits per heavy atom. The zero-order valence-electron chi connectivity index (χ0n) is 15.2. The molecule has 2 heterocycles. The molecule has 2 aliphatic heterocycles. The van der Waals surface area contributed by atoms with Crippen LogP contribution in [0.4, 0.5) is 0 Å². The number of nitrogens with one attached hydrogen (secondary N) is 1. The number of rotatable bonds is 3. The van der Waals surface area contributed by atoms with Gasteiger partial charge < -0.3 is 15.0 Å². The van der Waals surface area contributed by atoms with E-state index in [-0.39, 0.29) is 24.0 Å². The van der Waals surface area contributed by atoms with Crippen LogP contribution < -0.4 is 5.32 Å². The summed E-state index contributed by atoms with van der Waals surface area (Å²) in [6, 6.07) is 8.88. The Labute approximate surface area is 168 Å². The molecule has 1 aromatic carbocycles. The SMILES string of the molecule is CCNC(=NCC1CCc2ccccc21)N1CCC2(CCOC2)C1.I. The summed E-state index contributed by atoms with van der Waals surface area (Å²) in [6.07, 6.45) is 4.89. The minimum atomic E-state index is 0. The van der Waals surface area contributed by atoms with Gasteiger partial charge in [0, 0.05) is 44.1 Å². The molecule has 2 atom stereocenters. The fourth-order valence-electron chi connectivity index (χ4n) is 4.54. The summed E-state index contributed by atoms with van der Waals surface area (Å²) < 4.78 is 5.66. The molecule has 138 valence electrons. The Morgan fingerprint density at radius 1 is 1.36 bits per heavy atom. The summed E-state index contributed by atoms with van der Waals surface area (Å²) in [4.78, 5) is 7.48. The molecule has 1 spiro atoms. The number of aliphatic imine (C=N–C) groups is 1. The molecule has 3 aliphatic rings. The summed E-state index contributed by atoms with van der Waals surface area (Å²) in [6.45, 7) is 8.06. The molecule has 2 saturated heterocycles. The molecular weight excluding hydrogens is 425 g/mol. The minimum Gasteiger partial charge on any atom is -0.381 e. The van der Waals surface area contributed by atoms with Crippen molar-refractivity contribution in [2.24, 2.45) is 10.4 Å². The molecule has 1 N–H and O–H groups in total. The quantitative estimate of drug-likeness (QED) is 0.431. The highest BCUT2D eigenvalue weighted by molar-refractivity contribution is 14.0. The standard InChI is InChI=1S/C20H29N3O.HI/c1-2-21-19(23-11-9-20(14-23)10-12-24-15-20)22-13-17-8-7-16-5-3-4-6-18(16)17;/h3-6,17H,2,7-15H2,1H3,(H,21,22);1H. The third-order valence-electron chi connectivity index (χ3n) is 5.98. The molecule has 25 heavy (non-hydrogen) atoms. The number of likely N-dealkylation sites (tertiary alicyclic amines) is 1. The maximum Gasteiger partial charge on any atom is 0.193 e. The zero-order valence-corrected chi connectivity index (χ0v) is 17.5. The predicted octanol–water partition coefficient (Wildman–Crippen LogP) is 3.41.